The second-order valence-corrected chi connectivity index (χ2v) is 6.07. The summed E-state index contributed by atoms with van der Waals surface area (Å²) < 4.78 is 0. The number of rotatable bonds is 4. The number of likely N-dealkylation sites (tertiary alicyclic amines) is 1. The summed E-state index contributed by atoms with van der Waals surface area (Å²) in [6.07, 6.45) is 5.07. The van der Waals surface area contributed by atoms with Crippen LogP contribution in [0, 0.1) is 5.92 Å². The van der Waals surface area contributed by atoms with Gasteiger partial charge in [-0.25, -0.2) is 4.79 Å². The molecule has 0 saturated carbocycles. The van der Waals surface area contributed by atoms with E-state index in [0.29, 0.717) is 17.2 Å². The van der Waals surface area contributed by atoms with E-state index >= 15 is 0 Å². The summed E-state index contributed by atoms with van der Waals surface area (Å²) in [6.45, 7) is 3.16. The second kappa shape index (κ2) is 6.78. The molecule has 0 radical (unpaired) electrons. The zero-order valence-corrected chi connectivity index (χ0v) is 13.5. The third-order valence-corrected chi connectivity index (χ3v) is 4.37. The van der Waals surface area contributed by atoms with Crippen LogP contribution in [0.4, 0.5) is 0 Å². The van der Waals surface area contributed by atoms with Gasteiger partial charge in [-0.2, -0.15) is 0 Å². The predicted molar refractivity (Wildman–Crippen MR) is 88.5 cm³/mol. The molecule has 0 bridgehead atoms. The van der Waals surface area contributed by atoms with Gasteiger partial charge < -0.3 is 10.0 Å². The molecule has 24 heavy (non-hydrogen) atoms. The Morgan fingerprint density at radius 1 is 1.25 bits per heavy atom. The molecule has 2 aromatic rings. The Bertz CT molecular complexity index is 758. The lowest BCUT2D eigenvalue weighted by molar-refractivity contribution is -0.127. The van der Waals surface area contributed by atoms with Gasteiger partial charge in [0.05, 0.1) is 23.1 Å². The molecule has 2 heterocycles. The number of hydrogen-bond donors (Lipinski definition) is 1. The molecule has 1 aliphatic heterocycles. The predicted octanol–water partition coefficient (Wildman–Crippen LogP) is 2.25. The van der Waals surface area contributed by atoms with Crippen molar-refractivity contribution in [1.29, 1.82) is 0 Å². The van der Waals surface area contributed by atoms with Crippen molar-refractivity contribution < 1.29 is 14.7 Å². The number of carbonyl (C=O) groups excluding carboxylic acids is 1. The van der Waals surface area contributed by atoms with Crippen LogP contribution in [0.1, 0.15) is 29.4 Å². The number of carbonyl (C=O) groups is 2. The van der Waals surface area contributed by atoms with Crippen LogP contribution < -0.4 is 0 Å². The number of carboxylic acids is 1. The van der Waals surface area contributed by atoms with Crippen LogP contribution in [0.3, 0.4) is 0 Å². The van der Waals surface area contributed by atoms with Gasteiger partial charge in [-0.15, -0.1) is 0 Å². The topological polar surface area (TPSA) is 83.4 Å². The first-order valence-corrected chi connectivity index (χ1v) is 7.93. The number of nitrogens with zero attached hydrogens (tertiary/aromatic N) is 3. The van der Waals surface area contributed by atoms with Gasteiger partial charge in [-0.3, -0.25) is 14.8 Å². The van der Waals surface area contributed by atoms with E-state index in [-0.39, 0.29) is 11.5 Å². The van der Waals surface area contributed by atoms with E-state index in [9.17, 15) is 14.7 Å². The van der Waals surface area contributed by atoms with Crippen molar-refractivity contribution in [3.8, 4) is 11.3 Å². The Morgan fingerprint density at radius 3 is 2.67 bits per heavy atom. The van der Waals surface area contributed by atoms with Gasteiger partial charge in [0.2, 0.25) is 5.91 Å². The molecule has 1 saturated heterocycles. The molecule has 6 nitrogen and oxygen atoms in total. The summed E-state index contributed by atoms with van der Waals surface area (Å²) in [5, 5.41) is 9.26. The zero-order chi connectivity index (χ0) is 17.1. The first kappa shape index (κ1) is 16.1. The fourth-order valence-electron chi connectivity index (χ4n) is 3.07. The molecular weight excluding hydrogens is 306 g/mol. The second-order valence-electron chi connectivity index (χ2n) is 6.07. The van der Waals surface area contributed by atoms with E-state index < -0.39 is 5.97 Å². The Kier molecular flexibility index (Phi) is 4.55. The van der Waals surface area contributed by atoms with Gasteiger partial charge in [0.15, 0.2) is 0 Å². The quantitative estimate of drug-likeness (QED) is 0.932. The Labute approximate surface area is 140 Å². The third kappa shape index (κ3) is 3.42. The highest BCUT2D eigenvalue weighted by molar-refractivity contribution is 5.95. The number of hydrogen-bond acceptors (Lipinski definition) is 4. The van der Waals surface area contributed by atoms with Crippen LogP contribution in [-0.4, -0.2) is 44.9 Å². The number of aromatic nitrogens is 2. The van der Waals surface area contributed by atoms with Crippen LogP contribution in [0.15, 0.2) is 36.7 Å². The molecular formula is C18H19N3O3. The van der Waals surface area contributed by atoms with Crippen molar-refractivity contribution in [1.82, 2.24) is 14.9 Å². The van der Waals surface area contributed by atoms with Crippen LogP contribution in [-0.2, 0) is 11.2 Å². The van der Waals surface area contributed by atoms with Gasteiger partial charge in [-0.1, -0.05) is 18.2 Å². The normalized spacial score (nSPS) is 17.0. The fourth-order valence-corrected chi connectivity index (χ4v) is 3.07. The summed E-state index contributed by atoms with van der Waals surface area (Å²) >= 11 is 0. The number of amides is 1. The van der Waals surface area contributed by atoms with Gasteiger partial charge in [0, 0.05) is 31.8 Å². The summed E-state index contributed by atoms with van der Waals surface area (Å²) in [7, 11) is 0. The largest absolute Gasteiger partial charge is 0.478 e. The lowest BCUT2D eigenvalue weighted by Gasteiger charge is -2.13. The first-order valence-electron chi connectivity index (χ1n) is 7.93. The summed E-state index contributed by atoms with van der Waals surface area (Å²) in [5.41, 5.74) is 2.19. The minimum atomic E-state index is -0.980. The standard InChI is InChI=1S/C18H19N3O3/c1-12(22)21-7-6-13(11-21)8-14-9-20-17(10-19-14)15-4-2-3-5-16(15)18(23)24/h2-5,9-10,13H,6-8,11H2,1H3,(H,23,24)/t13-/m0/s1. The maximum Gasteiger partial charge on any atom is 0.336 e. The van der Waals surface area contributed by atoms with Crippen LogP contribution in [0.5, 0.6) is 0 Å². The fraction of sp³-hybridized carbons (Fsp3) is 0.333. The van der Waals surface area contributed by atoms with Crippen molar-refractivity contribution in [2.45, 2.75) is 19.8 Å². The van der Waals surface area contributed by atoms with Gasteiger partial charge in [0.1, 0.15) is 0 Å². The van der Waals surface area contributed by atoms with E-state index in [1.54, 1.807) is 43.6 Å². The third-order valence-electron chi connectivity index (χ3n) is 4.37. The maximum absolute atomic E-state index is 11.4. The molecule has 1 amide bonds. The minimum Gasteiger partial charge on any atom is -0.478 e. The van der Waals surface area contributed by atoms with E-state index in [1.807, 2.05) is 4.90 Å². The average molecular weight is 325 g/mol. The molecule has 1 fully saturated rings. The molecule has 0 spiro atoms. The molecule has 0 unspecified atom stereocenters. The van der Waals surface area contributed by atoms with Crippen molar-refractivity contribution in [3.63, 3.8) is 0 Å². The average Bonchev–Trinajstić information content (AvgIpc) is 3.04. The molecule has 1 atom stereocenters. The van der Waals surface area contributed by atoms with Gasteiger partial charge in [0.25, 0.3) is 0 Å². The van der Waals surface area contributed by atoms with Crippen molar-refractivity contribution in [2.75, 3.05) is 13.1 Å². The number of benzene rings is 1. The van der Waals surface area contributed by atoms with Gasteiger partial charge >= 0.3 is 5.97 Å². The Morgan fingerprint density at radius 2 is 2.04 bits per heavy atom. The Hall–Kier alpha value is -2.76. The van der Waals surface area contributed by atoms with Crippen LogP contribution in [0.2, 0.25) is 0 Å². The van der Waals surface area contributed by atoms with Crippen molar-refractivity contribution in [2.24, 2.45) is 5.92 Å². The molecule has 1 aliphatic rings. The lowest BCUT2D eigenvalue weighted by Crippen LogP contribution is -2.26. The van der Waals surface area contributed by atoms with E-state index in [4.69, 9.17) is 0 Å². The van der Waals surface area contributed by atoms with Crippen LogP contribution in [0.25, 0.3) is 11.3 Å². The molecule has 1 aromatic heterocycles. The summed E-state index contributed by atoms with van der Waals surface area (Å²) in [4.78, 5) is 33.3. The summed E-state index contributed by atoms with van der Waals surface area (Å²) in [5.74, 6) is -0.462. The van der Waals surface area contributed by atoms with Crippen molar-refractivity contribution >= 4 is 11.9 Å². The highest BCUT2D eigenvalue weighted by Crippen LogP contribution is 2.23. The first-order chi connectivity index (χ1) is 11.5. The summed E-state index contributed by atoms with van der Waals surface area (Å²) in [6, 6.07) is 6.76. The molecule has 124 valence electrons. The maximum atomic E-state index is 11.4. The molecule has 1 aromatic carbocycles. The smallest absolute Gasteiger partial charge is 0.336 e. The van der Waals surface area contributed by atoms with Gasteiger partial charge in [-0.05, 0) is 24.8 Å². The monoisotopic (exact) mass is 325 g/mol. The Balaban J connectivity index is 1.73. The van der Waals surface area contributed by atoms with Crippen LogP contribution >= 0.6 is 0 Å². The number of aromatic carboxylic acids is 1. The number of carboxylic acid groups (broad SMARTS) is 1. The molecule has 1 N–H and O–H groups in total. The SMILES string of the molecule is CC(=O)N1CC[C@@H](Cc2cnc(-c3ccccc3C(=O)O)cn2)C1. The van der Waals surface area contributed by atoms with E-state index in [0.717, 1.165) is 31.6 Å². The zero-order valence-electron chi connectivity index (χ0n) is 13.5. The van der Waals surface area contributed by atoms with Crippen molar-refractivity contribution in [3.05, 3.63) is 47.9 Å². The van der Waals surface area contributed by atoms with E-state index in [2.05, 4.69) is 9.97 Å². The molecule has 0 aliphatic carbocycles. The van der Waals surface area contributed by atoms with E-state index in [1.165, 1.54) is 0 Å². The molecule has 6 heteroatoms. The molecule has 3 rings (SSSR count). The highest BCUT2D eigenvalue weighted by Gasteiger charge is 2.24. The highest BCUT2D eigenvalue weighted by atomic mass is 16.4. The minimum absolute atomic E-state index is 0.115. The lowest BCUT2D eigenvalue weighted by atomic mass is 10.0.